The van der Waals surface area contributed by atoms with E-state index in [-0.39, 0.29) is 24.3 Å². The fourth-order valence-corrected chi connectivity index (χ4v) is 5.12. The van der Waals surface area contributed by atoms with Gasteiger partial charge in [-0.1, -0.05) is 62.2 Å². The number of fused-ring (bicyclic) bond motifs is 1. The zero-order chi connectivity index (χ0) is 25.5. The highest BCUT2D eigenvalue weighted by Gasteiger charge is 2.61. The Kier molecular flexibility index (Phi) is 8.28. The summed E-state index contributed by atoms with van der Waals surface area (Å²) in [6.07, 6.45) is 10.4. The van der Waals surface area contributed by atoms with Crippen LogP contribution in [0.25, 0.3) is 10.8 Å². The third-order valence-electron chi connectivity index (χ3n) is 7.32. The minimum Gasteiger partial charge on any atom is -0.467 e. The average molecular weight is 492 g/mol. The van der Waals surface area contributed by atoms with Crippen molar-refractivity contribution in [2.75, 3.05) is 25.5 Å². The summed E-state index contributed by atoms with van der Waals surface area (Å²) in [5, 5.41) is 8.40. The molecule has 1 heterocycles. The maximum absolute atomic E-state index is 13.3. The van der Waals surface area contributed by atoms with Crippen molar-refractivity contribution in [3.05, 3.63) is 54.6 Å². The monoisotopic (exact) mass is 491 g/mol. The quantitative estimate of drug-likeness (QED) is 0.276. The molecule has 3 atom stereocenters. The number of methoxy groups -OCH3 is 1. The van der Waals surface area contributed by atoms with E-state index >= 15 is 0 Å². The van der Waals surface area contributed by atoms with E-state index in [1.165, 1.54) is 13.5 Å². The summed E-state index contributed by atoms with van der Waals surface area (Å²) >= 11 is 0. The normalized spacial score (nSPS) is 23.1. The molecule has 192 valence electrons. The summed E-state index contributed by atoms with van der Waals surface area (Å²) in [4.78, 5) is 40.5. The molecule has 2 amide bonds. The lowest BCUT2D eigenvalue weighted by molar-refractivity contribution is -0.147. The zero-order valence-corrected chi connectivity index (χ0v) is 21.3. The minimum atomic E-state index is -1.02. The Bertz CT molecular complexity index is 1130. The van der Waals surface area contributed by atoms with Crippen LogP contribution in [-0.2, 0) is 19.1 Å². The van der Waals surface area contributed by atoms with E-state index in [2.05, 4.69) is 23.6 Å². The van der Waals surface area contributed by atoms with Gasteiger partial charge in [0, 0.05) is 18.2 Å². The fourth-order valence-electron chi connectivity index (χ4n) is 5.12. The second-order valence-electron chi connectivity index (χ2n) is 9.85. The Balaban J connectivity index is 1.35. The highest BCUT2D eigenvalue weighted by Crippen LogP contribution is 2.46. The lowest BCUT2D eigenvalue weighted by Crippen LogP contribution is -2.53. The van der Waals surface area contributed by atoms with Crippen LogP contribution in [0.15, 0.2) is 54.6 Å². The lowest BCUT2D eigenvalue weighted by atomic mass is 10.1. The Morgan fingerprint density at radius 1 is 1.14 bits per heavy atom. The molecule has 36 heavy (non-hydrogen) atoms. The summed E-state index contributed by atoms with van der Waals surface area (Å²) in [5.74, 6) is -0.904. The van der Waals surface area contributed by atoms with Gasteiger partial charge < -0.3 is 20.3 Å². The molecule has 1 saturated heterocycles. The van der Waals surface area contributed by atoms with Crippen LogP contribution < -0.4 is 10.6 Å². The fraction of sp³-hybridized carbons (Fsp3) is 0.483. The molecule has 1 saturated carbocycles. The predicted molar refractivity (Wildman–Crippen MR) is 141 cm³/mol. The molecule has 1 aliphatic heterocycles. The summed E-state index contributed by atoms with van der Waals surface area (Å²) < 4.78 is 5.03. The molecular formula is C29H37N3O4. The van der Waals surface area contributed by atoms with E-state index in [0.717, 1.165) is 42.1 Å². The lowest BCUT2D eigenvalue weighted by Gasteiger charge is -2.26. The van der Waals surface area contributed by atoms with E-state index in [9.17, 15) is 14.4 Å². The second kappa shape index (κ2) is 11.6. The van der Waals surface area contributed by atoms with E-state index in [1.807, 2.05) is 48.5 Å². The number of hydrogen-bond acceptors (Lipinski definition) is 5. The van der Waals surface area contributed by atoms with Crippen LogP contribution in [0.3, 0.4) is 0 Å². The number of carbonyl (C=O) groups excluding carboxylic acids is 3. The molecule has 0 bridgehead atoms. The maximum atomic E-state index is 13.3. The molecule has 4 rings (SSSR count). The van der Waals surface area contributed by atoms with Crippen LogP contribution in [0.5, 0.6) is 0 Å². The number of likely N-dealkylation sites (tertiary alicyclic amines) is 1. The van der Waals surface area contributed by atoms with Crippen molar-refractivity contribution < 1.29 is 19.1 Å². The van der Waals surface area contributed by atoms with Gasteiger partial charge in [-0.3, -0.25) is 9.59 Å². The number of nitrogens with zero attached hydrogens (tertiary/aromatic N) is 1. The standard InChI is InChI=1S/C29H37N3O4/c1-3-4-5-6-7-13-23-19-29(23,28(35)36-2)31-27(34)25-14-10-17-32(25)26(33)20-30-24-16-15-21-11-8-9-12-22(21)18-24/h7-9,11-13,15-16,18,23,25,30H,3-6,10,14,17,19-20H2,1-2H3,(H,31,34)/b13-7-/t23-,25+,29-/m1/s1. The third kappa shape index (κ3) is 5.72. The third-order valence-corrected chi connectivity index (χ3v) is 7.32. The maximum Gasteiger partial charge on any atom is 0.332 e. The topological polar surface area (TPSA) is 87.7 Å². The van der Waals surface area contributed by atoms with Gasteiger partial charge in [0.05, 0.1) is 13.7 Å². The van der Waals surface area contributed by atoms with Gasteiger partial charge in [0.2, 0.25) is 11.8 Å². The molecule has 2 aromatic rings. The number of hydrogen-bond donors (Lipinski definition) is 2. The number of nitrogens with one attached hydrogen (secondary N) is 2. The van der Waals surface area contributed by atoms with Gasteiger partial charge in [-0.05, 0) is 55.0 Å². The van der Waals surface area contributed by atoms with Gasteiger partial charge in [0.25, 0.3) is 0 Å². The van der Waals surface area contributed by atoms with E-state index < -0.39 is 17.6 Å². The SMILES string of the molecule is CCCCC/C=C\[C@@H]1C[C@]1(NC(=O)[C@@H]1CCCN1C(=O)CNc1ccc2ccccc2c1)C(=O)OC. The molecule has 1 aliphatic carbocycles. The van der Waals surface area contributed by atoms with Crippen LogP contribution in [-0.4, -0.2) is 54.5 Å². The molecule has 7 heteroatoms. The first-order valence-electron chi connectivity index (χ1n) is 13.1. The van der Waals surface area contributed by atoms with Crippen LogP contribution in [0, 0.1) is 5.92 Å². The Labute approximate surface area is 213 Å². The van der Waals surface area contributed by atoms with Gasteiger partial charge in [0.1, 0.15) is 11.6 Å². The number of rotatable bonds is 11. The minimum absolute atomic E-state index is 0.0735. The molecule has 0 aromatic heterocycles. The summed E-state index contributed by atoms with van der Waals surface area (Å²) in [7, 11) is 1.35. The number of allylic oxidation sites excluding steroid dienone is 1. The highest BCUT2D eigenvalue weighted by molar-refractivity contribution is 5.96. The van der Waals surface area contributed by atoms with Crippen LogP contribution in [0.4, 0.5) is 5.69 Å². The first-order chi connectivity index (χ1) is 17.5. The van der Waals surface area contributed by atoms with Crippen molar-refractivity contribution in [3.63, 3.8) is 0 Å². The molecule has 0 unspecified atom stereocenters. The average Bonchev–Trinajstić information content (AvgIpc) is 3.35. The molecule has 2 aliphatic rings. The van der Waals surface area contributed by atoms with Crippen molar-refractivity contribution in [2.45, 2.75) is 63.5 Å². The van der Waals surface area contributed by atoms with Crippen molar-refractivity contribution >= 4 is 34.2 Å². The van der Waals surface area contributed by atoms with Gasteiger partial charge in [-0.2, -0.15) is 0 Å². The number of amides is 2. The van der Waals surface area contributed by atoms with Gasteiger partial charge in [-0.25, -0.2) is 4.79 Å². The van der Waals surface area contributed by atoms with E-state index in [0.29, 0.717) is 19.4 Å². The number of unbranched alkanes of at least 4 members (excludes halogenated alkanes) is 3. The molecule has 0 spiro atoms. The number of benzene rings is 2. The number of carbonyl (C=O) groups is 3. The van der Waals surface area contributed by atoms with Gasteiger partial charge in [0.15, 0.2) is 0 Å². The Morgan fingerprint density at radius 3 is 2.72 bits per heavy atom. The van der Waals surface area contributed by atoms with Crippen molar-refractivity contribution in [2.24, 2.45) is 5.92 Å². The summed E-state index contributed by atoms with van der Waals surface area (Å²) in [5.41, 5.74) is -0.160. The summed E-state index contributed by atoms with van der Waals surface area (Å²) in [6, 6.07) is 13.5. The number of anilines is 1. The van der Waals surface area contributed by atoms with Crippen molar-refractivity contribution in [1.29, 1.82) is 0 Å². The molecular weight excluding hydrogens is 454 g/mol. The first kappa shape index (κ1) is 25.7. The second-order valence-corrected chi connectivity index (χ2v) is 9.85. The molecule has 7 nitrogen and oxygen atoms in total. The number of esters is 1. The molecule has 2 fully saturated rings. The first-order valence-corrected chi connectivity index (χ1v) is 13.1. The van der Waals surface area contributed by atoms with Crippen LogP contribution in [0.2, 0.25) is 0 Å². The van der Waals surface area contributed by atoms with Crippen molar-refractivity contribution in [3.8, 4) is 0 Å². The van der Waals surface area contributed by atoms with Gasteiger partial charge >= 0.3 is 5.97 Å². The Morgan fingerprint density at radius 2 is 1.94 bits per heavy atom. The summed E-state index contributed by atoms with van der Waals surface area (Å²) in [6.45, 7) is 2.80. The molecule has 0 radical (unpaired) electrons. The number of ether oxygens (including phenoxy) is 1. The Hall–Kier alpha value is -3.35. The smallest absolute Gasteiger partial charge is 0.332 e. The predicted octanol–water partition coefficient (Wildman–Crippen LogP) is 4.43. The molecule has 2 aromatic carbocycles. The van der Waals surface area contributed by atoms with Crippen LogP contribution in [0.1, 0.15) is 51.9 Å². The van der Waals surface area contributed by atoms with E-state index in [4.69, 9.17) is 4.74 Å². The van der Waals surface area contributed by atoms with E-state index in [1.54, 1.807) is 4.90 Å². The van der Waals surface area contributed by atoms with Gasteiger partial charge in [-0.15, -0.1) is 0 Å². The zero-order valence-electron chi connectivity index (χ0n) is 21.3. The highest BCUT2D eigenvalue weighted by atomic mass is 16.5. The van der Waals surface area contributed by atoms with Crippen LogP contribution >= 0.6 is 0 Å². The largest absolute Gasteiger partial charge is 0.467 e. The molecule has 2 N–H and O–H groups in total. The van der Waals surface area contributed by atoms with Crippen molar-refractivity contribution in [1.82, 2.24) is 10.2 Å².